The highest BCUT2D eigenvalue weighted by Crippen LogP contribution is 2.30. The van der Waals surface area contributed by atoms with Gasteiger partial charge in [0.2, 0.25) is 0 Å². The van der Waals surface area contributed by atoms with Crippen molar-refractivity contribution in [3.8, 4) is 11.3 Å². The molecule has 2 atom stereocenters. The summed E-state index contributed by atoms with van der Waals surface area (Å²) in [6.45, 7) is 6.40. The van der Waals surface area contributed by atoms with Crippen LogP contribution >= 0.6 is 11.3 Å². The first kappa shape index (κ1) is 24.8. The van der Waals surface area contributed by atoms with E-state index >= 15 is 0 Å². The average molecular weight is 455 g/mol. The van der Waals surface area contributed by atoms with Gasteiger partial charge in [-0.15, -0.1) is 0 Å². The first-order valence-electron chi connectivity index (χ1n) is 9.93. The number of nitrogens with one attached hydrogen (secondary N) is 2. The molecular weight excluding hydrogens is 428 g/mol. The van der Waals surface area contributed by atoms with Gasteiger partial charge in [0, 0.05) is 24.2 Å². The molecule has 0 saturated heterocycles. The molecule has 4 N–H and O–H groups in total. The molecule has 0 amide bonds. The third-order valence-electron chi connectivity index (χ3n) is 4.66. The molecule has 3 aromatic rings. The van der Waals surface area contributed by atoms with Crippen molar-refractivity contribution in [2.75, 3.05) is 0 Å². The van der Waals surface area contributed by atoms with Gasteiger partial charge < -0.3 is 20.5 Å². The molecule has 0 spiro atoms. The highest BCUT2D eigenvalue weighted by molar-refractivity contribution is 7.09. The zero-order chi connectivity index (χ0) is 23.7. The second kappa shape index (κ2) is 11.8. The maximum Gasteiger partial charge on any atom is 0.328 e. The van der Waals surface area contributed by atoms with Gasteiger partial charge in [-0.3, -0.25) is 4.79 Å². The molecule has 2 unspecified atom stereocenters. The number of hydrogen-bond acceptors (Lipinski definition) is 5. The number of thiazole rings is 1. The fourth-order valence-corrected chi connectivity index (χ4v) is 4.09. The molecule has 0 bridgehead atoms. The van der Waals surface area contributed by atoms with E-state index in [2.05, 4.69) is 55.3 Å². The van der Waals surface area contributed by atoms with Crippen LogP contribution in [0.5, 0.6) is 0 Å². The van der Waals surface area contributed by atoms with Crippen molar-refractivity contribution in [2.45, 2.75) is 32.9 Å². The van der Waals surface area contributed by atoms with Crippen LogP contribution in [0.4, 0.5) is 0 Å². The van der Waals surface area contributed by atoms with Crippen LogP contribution in [0.15, 0.2) is 71.5 Å². The fraction of sp³-hybridized carbons (Fsp3) is 0.208. The van der Waals surface area contributed by atoms with Crippen LogP contribution in [-0.4, -0.2) is 27.1 Å². The average Bonchev–Trinajstić information content (AvgIpc) is 3.15. The van der Waals surface area contributed by atoms with E-state index < -0.39 is 11.9 Å². The minimum atomic E-state index is -1.26. The predicted octanol–water partition coefficient (Wildman–Crippen LogP) is 4.54. The summed E-state index contributed by atoms with van der Waals surface area (Å²) in [5, 5.41) is 19.3. The van der Waals surface area contributed by atoms with Crippen molar-refractivity contribution < 1.29 is 19.8 Å². The normalized spacial score (nSPS) is 12.6. The van der Waals surface area contributed by atoms with Crippen LogP contribution in [0.3, 0.4) is 0 Å². The summed E-state index contributed by atoms with van der Waals surface area (Å²) < 4.78 is 0. The summed E-state index contributed by atoms with van der Waals surface area (Å²) in [5.74, 6) is -2.51. The van der Waals surface area contributed by atoms with Gasteiger partial charge in [0.15, 0.2) is 0 Å². The highest BCUT2D eigenvalue weighted by Gasteiger charge is 2.19. The van der Waals surface area contributed by atoms with Gasteiger partial charge in [-0.25, -0.2) is 9.59 Å². The lowest BCUT2D eigenvalue weighted by Gasteiger charge is -2.21. The number of H-pyrrole nitrogens is 1. The zero-order valence-corrected chi connectivity index (χ0v) is 18.8. The molecule has 1 heterocycles. The number of aliphatic carboxylic acids is 2. The van der Waals surface area contributed by atoms with Gasteiger partial charge in [-0.2, -0.15) is 0 Å². The lowest BCUT2D eigenvalue weighted by molar-refractivity contribution is -0.134. The molecule has 3 rings (SSSR count). The second-order valence-corrected chi connectivity index (χ2v) is 8.11. The van der Waals surface area contributed by atoms with Gasteiger partial charge in [0.1, 0.15) is 0 Å². The molecule has 0 saturated carbocycles. The molecule has 7 nitrogen and oxygen atoms in total. The topological polar surface area (TPSA) is 119 Å². The Morgan fingerprint density at radius 1 is 0.938 bits per heavy atom. The van der Waals surface area contributed by atoms with Gasteiger partial charge in [-0.05, 0) is 37.5 Å². The van der Waals surface area contributed by atoms with Crippen LogP contribution in [0.25, 0.3) is 11.3 Å². The SMILES string of the molecule is Cc1ccccc1C(C)NC(C)c1sc(=O)[nH]c1-c1ccccc1.O=C(O)/C=C\C(=O)O. The minimum absolute atomic E-state index is 0.0129. The largest absolute Gasteiger partial charge is 0.478 e. The second-order valence-electron chi connectivity index (χ2n) is 7.10. The summed E-state index contributed by atoms with van der Waals surface area (Å²) in [4.78, 5) is 35.1. The monoisotopic (exact) mass is 454 g/mol. The molecule has 0 fully saturated rings. The van der Waals surface area contributed by atoms with E-state index in [-0.39, 0.29) is 17.0 Å². The van der Waals surface area contributed by atoms with Crippen molar-refractivity contribution in [3.63, 3.8) is 0 Å². The lowest BCUT2D eigenvalue weighted by Crippen LogP contribution is -2.22. The summed E-state index contributed by atoms with van der Waals surface area (Å²) in [6.07, 6.45) is 1.12. The van der Waals surface area contributed by atoms with Gasteiger partial charge in [0.05, 0.1) is 10.6 Å². The van der Waals surface area contributed by atoms with Gasteiger partial charge >= 0.3 is 16.8 Å². The Morgan fingerprint density at radius 3 is 2.06 bits per heavy atom. The van der Waals surface area contributed by atoms with Crippen molar-refractivity contribution in [2.24, 2.45) is 0 Å². The number of carboxylic acid groups (broad SMARTS) is 2. The predicted molar refractivity (Wildman–Crippen MR) is 126 cm³/mol. The molecule has 168 valence electrons. The van der Waals surface area contributed by atoms with Crippen LogP contribution in [0.2, 0.25) is 0 Å². The van der Waals surface area contributed by atoms with Gasteiger partial charge in [-0.1, -0.05) is 65.9 Å². The number of aromatic amines is 1. The molecular formula is C24H26N2O5S. The van der Waals surface area contributed by atoms with E-state index in [1.165, 1.54) is 22.5 Å². The first-order chi connectivity index (χ1) is 15.2. The molecule has 8 heteroatoms. The van der Waals surface area contributed by atoms with Crippen molar-refractivity contribution >= 4 is 23.3 Å². The number of aryl methyl sites for hydroxylation is 1. The van der Waals surface area contributed by atoms with Crippen molar-refractivity contribution in [1.29, 1.82) is 0 Å². The number of benzene rings is 2. The summed E-state index contributed by atoms with van der Waals surface area (Å²) in [7, 11) is 0. The van der Waals surface area contributed by atoms with E-state index in [4.69, 9.17) is 10.2 Å². The van der Waals surface area contributed by atoms with E-state index in [1.54, 1.807) is 0 Å². The number of rotatable bonds is 7. The van der Waals surface area contributed by atoms with Gasteiger partial charge in [0.25, 0.3) is 0 Å². The highest BCUT2D eigenvalue weighted by atomic mass is 32.1. The number of carboxylic acids is 2. The quantitative estimate of drug-likeness (QED) is 0.389. The maximum absolute atomic E-state index is 11.9. The Labute approximate surface area is 190 Å². The number of hydrogen-bond donors (Lipinski definition) is 4. The van der Waals surface area contributed by atoms with Crippen LogP contribution in [0, 0.1) is 6.92 Å². The number of aromatic nitrogens is 1. The third kappa shape index (κ3) is 7.33. The number of carbonyl (C=O) groups is 2. The van der Waals surface area contributed by atoms with Crippen molar-refractivity contribution in [1.82, 2.24) is 10.3 Å². The molecule has 0 aliphatic carbocycles. The van der Waals surface area contributed by atoms with E-state index in [9.17, 15) is 14.4 Å². The Bertz CT molecular complexity index is 1120. The Balaban J connectivity index is 0.000000390. The maximum atomic E-state index is 11.9. The molecule has 32 heavy (non-hydrogen) atoms. The minimum Gasteiger partial charge on any atom is -0.478 e. The first-order valence-corrected chi connectivity index (χ1v) is 10.7. The summed E-state index contributed by atoms with van der Waals surface area (Å²) in [6, 6.07) is 18.7. The van der Waals surface area contributed by atoms with E-state index in [0.717, 1.165) is 16.1 Å². The summed E-state index contributed by atoms with van der Waals surface area (Å²) >= 11 is 1.29. The Kier molecular flexibility index (Phi) is 9.12. The smallest absolute Gasteiger partial charge is 0.328 e. The van der Waals surface area contributed by atoms with Crippen molar-refractivity contribution in [3.05, 3.63) is 92.4 Å². The third-order valence-corrected chi connectivity index (χ3v) is 5.72. The molecule has 0 aliphatic heterocycles. The summed E-state index contributed by atoms with van der Waals surface area (Å²) in [5.41, 5.74) is 4.52. The fourth-order valence-electron chi connectivity index (χ4n) is 3.22. The molecule has 0 radical (unpaired) electrons. The Hall–Kier alpha value is -3.49. The van der Waals surface area contributed by atoms with E-state index in [0.29, 0.717) is 12.2 Å². The zero-order valence-electron chi connectivity index (χ0n) is 18.0. The van der Waals surface area contributed by atoms with E-state index in [1.807, 2.05) is 30.3 Å². The van der Waals surface area contributed by atoms with Crippen LogP contribution in [-0.2, 0) is 9.59 Å². The molecule has 1 aromatic heterocycles. The Morgan fingerprint density at radius 2 is 1.50 bits per heavy atom. The van der Waals surface area contributed by atoms with Crippen LogP contribution < -0.4 is 10.2 Å². The molecule has 0 aliphatic rings. The molecule has 2 aromatic carbocycles. The lowest BCUT2D eigenvalue weighted by atomic mass is 10.0. The van der Waals surface area contributed by atoms with Crippen LogP contribution in [0.1, 0.15) is 41.9 Å². The standard InChI is InChI=1S/C20H22N2OS.C4H4O4/c1-13-9-7-8-12-17(13)14(2)21-15(3)19-18(22-20(23)24-19)16-10-5-4-6-11-16;5-3(6)1-2-4(7)8/h4-12,14-15,21H,1-3H3,(H,22,23);1-2H,(H,5,6)(H,7,8)/b;2-1-.